The Morgan fingerprint density at radius 2 is 1.82 bits per heavy atom. The summed E-state index contributed by atoms with van der Waals surface area (Å²) in [4.78, 5) is 29.1. The molecule has 0 spiro atoms. The van der Waals surface area contributed by atoms with Crippen molar-refractivity contribution in [2.75, 3.05) is 34.3 Å². The van der Waals surface area contributed by atoms with Gasteiger partial charge in [-0.25, -0.2) is 0 Å². The van der Waals surface area contributed by atoms with Crippen LogP contribution in [-0.2, 0) is 9.59 Å². The van der Waals surface area contributed by atoms with Gasteiger partial charge in [0.15, 0.2) is 0 Å². The monoisotopic (exact) mass is 380 g/mol. The van der Waals surface area contributed by atoms with Crippen LogP contribution in [0.4, 0.5) is 0 Å². The molecule has 0 aromatic heterocycles. The number of Topliss-reactive ketones (excluding diaryl/α,β-unsaturated/α-hetero) is 1. The molecule has 1 aliphatic heterocycles. The minimum absolute atomic E-state index is 0.100. The molecular formula is C22H24N2O4. The summed E-state index contributed by atoms with van der Waals surface area (Å²) in [7, 11) is 5.35. The van der Waals surface area contributed by atoms with E-state index in [1.807, 2.05) is 49.3 Å². The molecule has 2 aromatic rings. The summed E-state index contributed by atoms with van der Waals surface area (Å²) in [5, 5.41) is 11.0. The molecule has 1 saturated heterocycles. The van der Waals surface area contributed by atoms with Crippen LogP contribution >= 0.6 is 0 Å². The molecule has 1 unspecified atom stereocenters. The Balaban J connectivity index is 2.13. The number of benzene rings is 2. The van der Waals surface area contributed by atoms with E-state index in [2.05, 4.69) is 0 Å². The molecule has 3 rings (SSSR count). The smallest absolute Gasteiger partial charge is 0.295 e. The minimum Gasteiger partial charge on any atom is -0.507 e. The molecule has 1 amide bonds. The molecule has 1 atom stereocenters. The third-order valence-electron chi connectivity index (χ3n) is 4.79. The van der Waals surface area contributed by atoms with Crippen LogP contribution in [-0.4, -0.2) is 60.9 Å². The molecule has 0 saturated carbocycles. The zero-order valence-electron chi connectivity index (χ0n) is 16.3. The lowest BCUT2D eigenvalue weighted by Gasteiger charge is -2.26. The van der Waals surface area contributed by atoms with Gasteiger partial charge in [-0.3, -0.25) is 9.59 Å². The van der Waals surface area contributed by atoms with Gasteiger partial charge in [0.1, 0.15) is 11.5 Å². The van der Waals surface area contributed by atoms with Gasteiger partial charge in [-0.05, 0) is 31.8 Å². The third-order valence-corrected chi connectivity index (χ3v) is 4.79. The third kappa shape index (κ3) is 3.77. The Morgan fingerprint density at radius 1 is 1.11 bits per heavy atom. The van der Waals surface area contributed by atoms with Crippen LogP contribution in [0.5, 0.6) is 5.75 Å². The van der Waals surface area contributed by atoms with Gasteiger partial charge in [-0.1, -0.05) is 42.5 Å². The van der Waals surface area contributed by atoms with Crippen molar-refractivity contribution in [1.29, 1.82) is 0 Å². The maximum atomic E-state index is 12.9. The first-order valence-corrected chi connectivity index (χ1v) is 9.06. The number of amides is 1. The van der Waals surface area contributed by atoms with Crippen LogP contribution in [0.25, 0.3) is 5.76 Å². The molecule has 1 heterocycles. The van der Waals surface area contributed by atoms with Crippen molar-refractivity contribution in [2.45, 2.75) is 6.04 Å². The SMILES string of the molecule is COc1cccc(/C(O)=C2/C(=O)C(=O)N(CCN(C)C)C2c2ccccc2)c1. The second-order valence-corrected chi connectivity index (χ2v) is 6.94. The number of likely N-dealkylation sites (tertiary alicyclic amines) is 1. The van der Waals surface area contributed by atoms with Crippen molar-refractivity contribution < 1.29 is 19.4 Å². The summed E-state index contributed by atoms with van der Waals surface area (Å²) in [6, 6.07) is 15.5. The van der Waals surface area contributed by atoms with Gasteiger partial charge in [0.2, 0.25) is 0 Å². The lowest BCUT2D eigenvalue weighted by molar-refractivity contribution is -0.140. The highest BCUT2D eigenvalue weighted by Crippen LogP contribution is 2.39. The van der Waals surface area contributed by atoms with Gasteiger partial charge in [0.25, 0.3) is 11.7 Å². The maximum absolute atomic E-state index is 12.9. The summed E-state index contributed by atoms with van der Waals surface area (Å²) in [5.41, 5.74) is 1.32. The number of hydrogen-bond acceptors (Lipinski definition) is 5. The summed E-state index contributed by atoms with van der Waals surface area (Å²) < 4.78 is 5.21. The molecule has 6 nitrogen and oxygen atoms in total. The molecule has 0 aliphatic carbocycles. The van der Waals surface area contributed by atoms with E-state index in [0.29, 0.717) is 24.4 Å². The van der Waals surface area contributed by atoms with Crippen LogP contribution in [0, 0.1) is 0 Å². The van der Waals surface area contributed by atoms with Crippen molar-refractivity contribution >= 4 is 17.4 Å². The normalized spacial score (nSPS) is 18.7. The summed E-state index contributed by atoms with van der Waals surface area (Å²) >= 11 is 0. The van der Waals surface area contributed by atoms with E-state index in [-0.39, 0.29) is 11.3 Å². The molecule has 0 radical (unpaired) electrons. The zero-order valence-corrected chi connectivity index (χ0v) is 16.3. The van der Waals surface area contributed by atoms with Crippen molar-refractivity contribution in [1.82, 2.24) is 9.80 Å². The minimum atomic E-state index is -0.673. The number of methoxy groups -OCH3 is 1. The Kier molecular flexibility index (Phi) is 5.80. The van der Waals surface area contributed by atoms with Gasteiger partial charge in [-0.2, -0.15) is 0 Å². The lowest BCUT2D eigenvalue weighted by atomic mass is 9.95. The van der Waals surface area contributed by atoms with Crippen LogP contribution in [0.2, 0.25) is 0 Å². The van der Waals surface area contributed by atoms with Gasteiger partial charge >= 0.3 is 0 Å². The van der Waals surface area contributed by atoms with E-state index in [0.717, 1.165) is 5.56 Å². The van der Waals surface area contributed by atoms with E-state index < -0.39 is 17.7 Å². The average molecular weight is 380 g/mol. The topological polar surface area (TPSA) is 70.1 Å². The van der Waals surface area contributed by atoms with Gasteiger partial charge in [0, 0.05) is 18.7 Å². The second-order valence-electron chi connectivity index (χ2n) is 6.94. The fraction of sp³-hybridized carbons (Fsp3) is 0.273. The van der Waals surface area contributed by atoms with Crippen LogP contribution < -0.4 is 4.74 Å². The largest absolute Gasteiger partial charge is 0.507 e. The Labute approximate surface area is 164 Å². The molecule has 1 N–H and O–H groups in total. The first-order valence-electron chi connectivity index (χ1n) is 9.06. The summed E-state index contributed by atoms with van der Waals surface area (Å²) in [5.74, 6) is -0.909. The van der Waals surface area contributed by atoms with Gasteiger partial charge < -0.3 is 19.6 Å². The number of aliphatic hydroxyl groups is 1. The predicted octanol–water partition coefficient (Wildman–Crippen LogP) is 2.68. The van der Waals surface area contributed by atoms with Gasteiger partial charge in [-0.15, -0.1) is 0 Å². The first-order chi connectivity index (χ1) is 13.4. The van der Waals surface area contributed by atoms with Crippen molar-refractivity contribution in [2.24, 2.45) is 0 Å². The standard InChI is InChI=1S/C22H24N2O4/c1-23(2)12-13-24-19(15-8-5-4-6-9-15)18(21(26)22(24)27)20(25)16-10-7-11-17(14-16)28-3/h4-11,14,19,25H,12-13H2,1-3H3/b20-18-. The van der Waals surface area contributed by atoms with Crippen molar-refractivity contribution in [3.8, 4) is 5.75 Å². The quantitative estimate of drug-likeness (QED) is 0.474. The fourth-order valence-corrected chi connectivity index (χ4v) is 3.33. The molecule has 1 aliphatic rings. The number of ketones is 1. The summed E-state index contributed by atoms with van der Waals surface area (Å²) in [6.45, 7) is 0.988. The van der Waals surface area contributed by atoms with Crippen LogP contribution in [0.1, 0.15) is 17.2 Å². The first kappa shape index (κ1) is 19.6. The number of ether oxygens (including phenoxy) is 1. The lowest BCUT2D eigenvalue weighted by Crippen LogP contribution is -2.35. The average Bonchev–Trinajstić information content (AvgIpc) is 2.97. The number of likely N-dealkylation sites (N-methyl/N-ethyl adjacent to an activating group) is 1. The molecule has 146 valence electrons. The maximum Gasteiger partial charge on any atom is 0.295 e. The van der Waals surface area contributed by atoms with Crippen LogP contribution in [0.15, 0.2) is 60.2 Å². The predicted molar refractivity (Wildman–Crippen MR) is 107 cm³/mol. The highest BCUT2D eigenvalue weighted by molar-refractivity contribution is 6.46. The van der Waals surface area contributed by atoms with E-state index >= 15 is 0 Å². The molecule has 0 bridgehead atoms. The van der Waals surface area contributed by atoms with E-state index in [1.54, 1.807) is 24.3 Å². The fourth-order valence-electron chi connectivity index (χ4n) is 3.33. The Bertz CT molecular complexity index is 906. The highest BCUT2D eigenvalue weighted by Gasteiger charge is 2.45. The molecule has 28 heavy (non-hydrogen) atoms. The number of aliphatic hydroxyl groups excluding tert-OH is 1. The molecule has 2 aromatic carbocycles. The van der Waals surface area contributed by atoms with E-state index in [9.17, 15) is 14.7 Å². The Hall–Kier alpha value is -3.12. The van der Waals surface area contributed by atoms with Crippen molar-refractivity contribution in [3.05, 3.63) is 71.3 Å². The number of carbonyl (C=O) groups excluding carboxylic acids is 2. The van der Waals surface area contributed by atoms with E-state index in [1.165, 1.54) is 12.0 Å². The van der Waals surface area contributed by atoms with Crippen molar-refractivity contribution in [3.63, 3.8) is 0 Å². The zero-order chi connectivity index (χ0) is 20.3. The Morgan fingerprint density at radius 3 is 2.46 bits per heavy atom. The number of carbonyl (C=O) groups is 2. The molecular weight excluding hydrogens is 356 g/mol. The number of rotatable bonds is 6. The molecule has 6 heteroatoms. The van der Waals surface area contributed by atoms with Crippen LogP contribution in [0.3, 0.4) is 0 Å². The number of nitrogens with zero attached hydrogens (tertiary/aromatic N) is 2. The highest BCUT2D eigenvalue weighted by atomic mass is 16.5. The van der Waals surface area contributed by atoms with E-state index in [4.69, 9.17) is 4.74 Å². The molecule has 1 fully saturated rings. The summed E-state index contributed by atoms with van der Waals surface area (Å²) in [6.07, 6.45) is 0. The van der Waals surface area contributed by atoms with Gasteiger partial charge in [0.05, 0.1) is 18.7 Å². The number of hydrogen-bond donors (Lipinski definition) is 1. The second kappa shape index (κ2) is 8.27.